The maximum Gasteiger partial charge on any atom is 0.142 e. The highest BCUT2D eigenvalue weighted by Crippen LogP contribution is 2.25. The standard InChI is InChI=1S/C7H8ClNS/c1-5-3-4-9-7(8)6(5)10-2/h3-4H,1-2H3. The van der Waals surface area contributed by atoms with Crippen LogP contribution in [0.15, 0.2) is 17.2 Å². The molecule has 0 spiro atoms. The maximum absolute atomic E-state index is 5.80. The van der Waals surface area contributed by atoms with Gasteiger partial charge in [0.15, 0.2) is 0 Å². The molecule has 1 aromatic rings. The molecule has 0 amide bonds. The van der Waals surface area contributed by atoms with Gasteiger partial charge in [-0.25, -0.2) is 4.98 Å². The lowest BCUT2D eigenvalue weighted by molar-refractivity contribution is 1.18. The zero-order valence-corrected chi connectivity index (χ0v) is 7.46. The molecule has 0 radical (unpaired) electrons. The fourth-order valence-corrected chi connectivity index (χ4v) is 1.80. The number of thioether (sulfide) groups is 1. The Morgan fingerprint density at radius 1 is 1.60 bits per heavy atom. The van der Waals surface area contributed by atoms with Crippen molar-refractivity contribution in [3.63, 3.8) is 0 Å². The average Bonchev–Trinajstić information content (AvgIpc) is 1.88. The van der Waals surface area contributed by atoms with Gasteiger partial charge in [0.25, 0.3) is 0 Å². The predicted molar refractivity (Wildman–Crippen MR) is 45.8 cm³/mol. The minimum absolute atomic E-state index is 0.604. The first-order valence-electron chi connectivity index (χ1n) is 2.91. The summed E-state index contributed by atoms with van der Waals surface area (Å²) >= 11 is 7.43. The second-order valence-corrected chi connectivity index (χ2v) is 3.13. The summed E-state index contributed by atoms with van der Waals surface area (Å²) in [5.74, 6) is 0. The highest BCUT2D eigenvalue weighted by molar-refractivity contribution is 7.98. The Hall–Kier alpha value is -0.210. The zero-order valence-electron chi connectivity index (χ0n) is 5.89. The normalized spacial score (nSPS) is 9.90. The van der Waals surface area contributed by atoms with Crippen LogP contribution in [0.2, 0.25) is 5.15 Å². The molecule has 0 N–H and O–H groups in total. The number of nitrogens with zero attached hydrogens (tertiary/aromatic N) is 1. The van der Waals surface area contributed by atoms with E-state index >= 15 is 0 Å². The van der Waals surface area contributed by atoms with Gasteiger partial charge in [-0.15, -0.1) is 11.8 Å². The number of pyridine rings is 1. The van der Waals surface area contributed by atoms with Crippen molar-refractivity contribution in [1.82, 2.24) is 4.98 Å². The average molecular weight is 174 g/mol. The van der Waals surface area contributed by atoms with Crippen molar-refractivity contribution in [3.05, 3.63) is 23.0 Å². The van der Waals surface area contributed by atoms with E-state index in [1.165, 1.54) is 5.56 Å². The zero-order chi connectivity index (χ0) is 7.56. The van der Waals surface area contributed by atoms with Crippen LogP contribution in [0.5, 0.6) is 0 Å². The van der Waals surface area contributed by atoms with Crippen molar-refractivity contribution in [2.24, 2.45) is 0 Å². The van der Waals surface area contributed by atoms with Crippen LogP contribution in [0.25, 0.3) is 0 Å². The smallest absolute Gasteiger partial charge is 0.142 e. The summed E-state index contributed by atoms with van der Waals surface area (Å²) in [6, 6.07) is 1.96. The largest absolute Gasteiger partial charge is 0.243 e. The molecule has 0 aliphatic rings. The maximum atomic E-state index is 5.80. The van der Waals surface area contributed by atoms with Crippen LogP contribution in [0.4, 0.5) is 0 Å². The molecule has 0 aliphatic heterocycles. The molecule has 1 rings (SSSR count). The van der Waals surface area contributed by atoms with E-state index in [0.29, 0.717) is 5.15 Å². The van der Waals surface area contributed by atoms with Crippen LogP contribution in [0, 0.1) is 6.92 Å². The van der Waals surface area contributed by atoms with Gasteiger partial charge < -0.3 is 0 Å². The monoisotopic (exact) mass is 173 g/mol. The third kappa shape index (κ3) is 1.44. The number of rotatable bonds is 1. The van der Waals surface area contributed by atoms with Crippen molar-refractivity contribution in [3.8, 4) is 0 Å². The van der Waals surface area contributed by atoms with Crippen LogP contribution in [0.1, 0.15) is 5.56 Å². The van der Waals surface area contributed by atoms with Crippen molar-refractivity contribution < 1.29 is 0 Å². The van der Waals surface area contributed by atoms with Gasteiger partial charge in [-0.2, -0.15) is 0 Å². The Balaban J connectivity index is 3.17. The van der Waals surface area contributed by atoms with Crippen LogP contribution in [-0.4, -0.2) is 11.2 Å². The summed E-state index contributed by atoms with van der Waals surface area (Å²) in [6.45, 7) is 2.03. The van der Waals surface area contributed by atoms with Crippen molar-refractivity contribution in [1.29, 1.82) is 0 Å². The number of aromatic nitrogens is 1. The summed E-state index contributed by atoms with van der Waals surface area (Å²) in [5, 5.41) is 0.604. The fourth-order valence-electron chi connectivity index (χ4n) is 0.757. The molecular weight excluding hydrogens is 166 g/mol. The highest BCUT2D eigenvalue weighted by Gasteiger charge is 2.00. The molecular formula is C7H8ClNS. The lowest BCUT2D eigenvalue weighted by Gasteiger charge is -2.01. The second kappa shape index (κ2) is 3.26. The van der Waals surface area contributed by atoms with E-state index in [0.717, 1.165) is 4.90 Å². The van der Waals surface area contributed by atoms with E-state index in [1.54, 1.807) is 18.0 Å². The summed E-state index contributed by atoms with van der Waals surface area (Å²) in [6.07, 6.45) is 3.72. The highest BCUT2D eigenvalue weighted by atomic mass is 35.5. The van der Waals surface area contributed by atoms with E-state index in [9.17, 15) is 0 Å². The number of aryl methyl sites for hydroxylation is 1. The van der Waals surface area contributed by atoms with Gasteiger partial charge in [0.05, 0.1) is 0 Å². The summed E-state index contributed by atoms with van der Waals surface area (Å²) in [4.78, 5) is 5.03. The SMILES string of the molecule is CSc1c(C)ccnc1Cl. The number of hydrogen-bond acceptors (Lipinski definition) is 2. The second-order valence-electron chi connectivity index (χ2n) is 1.95. The van der Waals surface area contributed by atoms with Crippen LogP contribution in [-0.2, 0) is 0 Å². The Morgan fingerprint density at radius 2 is 2.30 bits per heavy atom. The Labute approximate surface area is 69.8 Å². The molecule has 3 heteroatoms. The first-order valence-corrected chi connectivity index (χ1v) is 4.51. The fraction of sp³-hybridized carbons (Fsp3) is 0.286. The quantitative estimate of drug-likeness (QED) is 0.479. The van der Waals surface area contributed by atoms with E-state index in [4.69, 9.17) is 11.6 Å². The van der Waals surface area contributed by atoms with E-state index < -0.39 is 0 Å². The predicted octanol–water partition coefficient (Wildman–Crippen LogP) is 2.77. The molecule has 0 atom stereocenters. The molecule has 0 bridgehead atoms. The topological polar surface area (TPSA) is 12.9 Å². The molecule has 0 saturated carbocycles. The Bertz CT molecular complexity index is 217. The molecule has 0 fully saturated rings. The van der Waals surface area contributed by atoms with Crippen molar-refractivity contribution >= 4 is 23.4 Å². The summed E-state index contributed by atoms with van der Waals surface area (Å²) in [5.41, 5.74) is 1.19. The molecule has 1 nitrogen and oxygen atoms in total. The lowest BCUT2D eigenvalue weighted by Crippen LogP contribution is -1.82. The van der Waals surface area contributed by atoms with Gasteiger partial charge in [-0.1, -0.05) is 11.6 Å². The first-order chi connectivity index (χ1) is 4.75. The minimum Gasteiger partial charge on any atom is -0.243 e. The van der Waals surface area contributed by atoms with E-state index in [1.807, 2.05) is 19.2 Å². The first kappa shape index (κ1) is 7.89. The molecule has 0 aromatic carbocycles. The van der Waals surface area contributed by atoms with Crippen LogP contribution in [0.3, 0.4) is 0 Å². The van der Waals surface area contributed by atoms with Crippen molar-refractivity contribution in [2.75, 3.05) is 6.26 Å². The molecule has 1 heterocycles. The molecule has 0 aliphatic carbocycles. The van der Waals surface area contributed by atoms with Gasteiger partial charge in [-0.05, 0) is 24.8 Å². The third-order valence-corrected chi connectivity index (χ3v) is 2.58. The molecule has 10 heavy (non-hydrogen) atoms. The van der Waals surface area contributed by atoms with Crippen LogP contribution >= 0.6 is 23.4 Å². The number of halogens is 1. The Kier molecular flexibility index (Phi) is 2.57. The van der Waals surface area contributed by atoms with Gasteiger partial charge in [0.1, 0.15) is 5.15 Å². The lowest BCUT2D eigenvalue weighted by atomic mass is 10.3. The van der Waals surface area contributed by atoms with Gasteiger partial charge in [0.2, 0.25) is 0 Å². The van der Waals surface area contributed by atoms with Crippen molar-refractivity contribution in [2.45, 2.75) is 11.8 Å². The van der Waals surface area contributed by atoms with E-state index in [-0.39, 0.29) is 0 Å². The minimum atomic E-state index is 0.604. The summed E-state index contributed by atoms with van der Waals surface area (Å²) in [7, 11) is 0. The Morgan fingerprint density at radius 3 is 2.70 bits per heavy atom. The summed E-state index contributed by atoms with van der Waals surface area (Å²) < 4.78 is 0. The van der Waals surface area contributed by atoms with Gasteiger partial charge in [-0.3, -0.25) is 0 Å². The third-order valence-electron chi connectivity index (χ3n) is 1.26. The van der Waals surface area contributed by atoms with Gasteiger partial charge in [0, 0.05) is 11.1 Å². The van der Waals surface area contributed by atoms with E-state index in [2.05, 4.69) is 4.98 Å². The molecule has 0 saturated heterocycles. The van der Waals surface area contributed by atoms with Crippen LogP contribution < -0.4 is 0 Å². The van der Waals surface area contributed by atoms with Gasteiger partial charge >= 0.3 is 0 Å². The molecule has 1 aromatic heterocycles. The molecule has 54 valence electrons. The number of hydrogen-bond donors (Lipinski definition) is 0. The molecule has 0 unspecified atom stereocenters.